The van der Waals surface area contributed by atoms with Crippen LogP contribution in [0.3, 0.4) is 0 Å². The molecular weight excluding hydrogens is 338 g/mol. The number of nitrogens with zero attached hydrogens (tertiary/aromatic N) is 1. The molecule has 0 radical (unpaired) electrons. The largest absolute Gasteiger partial charge is 0.350 e. The second kappa shape index (κ2) is 6.95. The van der Waals surface area contributed by atoms with Gasteiger partial charge < -0.3 is 10.3 Å². The molecule has 0 aliphatic carbocycles. The van der Waals surface area contributed by atoms with Gasteiger partial charge in [0.2, 0.25) is 5.91 Å². The molecule has 2 aromatic rings. The van der Waals surface area contributed by atoms with Crippen LogP contribution in [-0.2, 0) is 11.3 Å². The Labute approximate surface area is 130 Å². The monoisotopic (exact) mass is 353 g/mol. The van der Waals surface area contributed by atoms with E-state index in [1.54, 1.807) is 24.3 Å². The summed E-state index contributed by atoms with van der Waals surface area (Å²) >= 11 is 5.07. The molecule has 0 spiro atoms. The minimum Gasteiger partial charge on any atom is -0.350 e. The lowest BCUT2D eigenvalue weighted by Gasteiger charge is -2.09. The Morgan fingerprint density at radius 2 is 2.20 bits per heavy atom. The third-order valence-corrected chi connectivity index (χ3v) is 4.86. The Hall–Kier alpha value is -1.27. The highest BCUT2D eigenvalue weighted by Crippen LogP contribution is 2.28. The van der Waals surface area contributed by atoms with E-state index in [4.69, 9.17) is 0 Å². The van der Waals surface area contributed by atoms with Gasteiger partial charge in [-0.1, -0.05) is 15.9 Å². The molecule has 0 aliphatic rings. The van der Waals surface area contributed by atoms with Crippen LogP contribution in [0.15, 0.2) is 34.0 Å². The number of carbonyl (C=O) groups excluding carboxylic acids is 1. The van der Waals surface area contributed by atoms with Crippen LogP contribution in [0.1, 0.15) is 16.8 Å². The second-order valence-electron chi connectivity index (χ2n) is 4.51. The normalized spacial score (nSPS) is 10.6. The summed E-state index contributed by atoms with van der Waals surface area (Å²) in [7, 11) is 0. The van der Waals surface area contributed by atoms with E-state index in [-0.39, 0.29) is 5.91 Å². The zero-order valence-electron chi connectivity index (χ0n) is 11.4. The Morgan fingerprint density at radius 1 is 1.40 bits per heavy atom. The molecule has 2 rings (SSSR count). The van der Waals surface area contributed by atoms with Gasteiger partial charge in [0.15, 0.2) is 0 Å². The quantitative estimate of drug-likeness (QED) is 0.811. The van der Waals surface area contributed by atoms with E-state index in [1.807, 2.05) is 6.92 Å². The minimum absolute atomic E-state index is 0.0181. The van der Waals surface area contributed by atoms with Crippen LogP contribution in [0.5, 0.6) is 0 Å². The Morgan fingerprint density at radius 3 is 2.90 bits per heavy atom. The summed E-state index contributed by atoms with van der Waals surface area (Å²) in [6.45, 7) is 4.58. The molecule has 20 heavy (non-hydrogen) atoms. The molecule has 0 unspecified atom stereocenters. The molecule has 0 fully saturated rings. The number of rotatable bonds is 5. The number of thioether (sulfide) groups is 1. The summed E-state index contributed by atoms with van der Waals surface area (Å²) in [6.07, 6.45) is 3.31. The van der Waals surface area contributed by atoms with Crippen LogP contribution < -0.4 is 5.32 Å². The van der Waals surface area contributed by atoms with Crippen molar-refractivity contribution in [3.63, 3.8) is 0 Å². The van der Waals surface area contributed by atoms with Gasteiger partial charge in [0.05, 0.1) is 24.3 Å². The molecule has 0 atom stereocenters. The summed E-state index contributed by atoms with van der Waals surface area (Å²) in [5.41, 5.74) is 3.25. The van der Waals surface area contributed by atoms with Gasteiger partial charge in [-0.3, -0.25) is 4.79 Å². The minimum atomic E-state index is 0.0181. The second-order valence-corrected chi connectivity index (χ2v) is 6.38. The smallest absolute Gasteiger partial charge is 0.230 e. The molecule has 0 saturated carbocycles. The van der Waals surface area contributed by atoms with Gasteiger partial charge in [-0.2, -0.15) is 0 Å². The van der Waals surface area contributed by atoms with E-state index in [0.29, 0.717) is 12.3 Å². The van der Waals surface area contributed by atoms with Gasteiger partial charge in [-0.15, -0.1) is 11.8 Å². The van der Waals surface area contributed by atoms with E-state index in [9.17, 15) is 4.79 Å². The van der Waals surface area contributed by atoms with Crippen molar-refractivity contribution in [3.8, 4) is 0 Å². The predicted molar refractivity (Wildman–Crippen MR) is 84.8 cm³/mol. The first-order valence-corrected chi connectivity index (χ1v) is 7.97. The van der Waals surface area contributed by atoms with Crippen LogP contribution >= 0.6 is 27.7 Å². The van der Waals surface area contributed by atoms with Crippen molar-refractivity contribution in [1.82, 2.24) is 15.3 Å². The molecule has 1 amide bonds. The summed E-state index contributed by atoms with van der Waals surface area (Å²) in [4.78, 5) is 19.8. The lowest BCUT2D eigenvalue weighted by Crippen LogP contribution is -2.24. The topological polar surface area (TPSA) is 57.8 Å². The molecule has 0 saturated heterocycles. The van der Waals surface area contributed by atoms with Crippen molar-refractivity contribution in [3.05, 3.63) is 46.0 Å². The lowest BCUT2D eigenvalue weighted by molar-refractivity contribution is -0.118. The van der Waals surface area contributed by atoms with Crippen LogP contribution in [0, 0.1) is 13.8 Å². The SMILES string of the molecule is Cc1cc(SCC(=O)NCc2cnc[nH]2)c(C)cc1Br. The van der Waals surface area contributed by atoms with Crippen molar-refractivity contribution in [2.45, 2.75) is 25.3 Å². The number of imidazole rings is 1. The Bertz CT molecular complexity index is 599. The molecule has 2 N–H and O–H groups in total. The third kappa shape index (κ3) is 4.11. The van der Waals surface area contributed by atoms with Gasteiger partial charge in [0.25, 0.3) is 0 Å². The maximum absolute atomic E-state index is 11.8. The molecule has 4 nitrogen and oxygen atoms in total. The van der Waals surface area contributed by atoms with Gasteiger partial charge in [0, 0.05) is 15.6 Å². The maximum atomic E-state index is 11.8. The highest BCUT2D eigenvalue weighted by Gasteiger charge is 2.07. The first kappa shape index (κ1) is 15.1. The van der Waals surface area contributed by atoms with Crippen LogP contribution in [0.25, 0.3) is 0 Å². The van der Waals surface area contributed by atoms with E-state index in [2.05, 4.69) is 50.3 Å². The number of aryl methyl sites for hydroxylation is 2. The van der Waals surface area contributed by atoms with Crippen LogP contribution in [-0.4, -0.2) is 21.6 Å². The average molecular weight is 354 g/mol. The molecule has 0 bridgehead atoms. The molecular formula is C14H16BrN3OS. The number of aromatic nitrogens is 2. The van der Waals surface area contributed by atoms with Crippen molar-refractivity contribution in [1.29, 1.82) is 0 Å². The fourth-order valence-electron chi connectivity index (χ4n) is 1.68. The fraction of sp³-hybridized carbons (Fsp3) is 0.286. The summed E-state index contributed by atoms with van der Waals surface area (Å²) in [6, 6.07) is 4.19. The number of amides is 1. The highest BCUT2D eigenvalue weighted by atomic mass is 79.9. The summed E-state index contributed by atoms with van der Waals surface area (Å²) in [5.74, 6) is 0.431. The highest BCUT2D eigenvalue weighted by molar-refractivity contribution is 9.10. The van der Waals surface area contributed by atoms with E-state index in [0.717, 1.165) is 15.1 Å². The molecule has 106 valence electrons. The molecule has 6 heteroatoms. The molecule has 1 aromatic carbocycles. The number of H-pyrrole nitrogens is 1. The number of carbonyl (C=O) groups is 1. The maximum Gasteiger partial charge on any atom is 0.230 e. The molecule has 1 aromatic heterocycles. The van der Waals surface area contributed by atoms with Crippen molar-refractivity contribution < 1.29 is 4.79 Å². The number of benzene rings is 1. The number of nitrogens with one attached hydrogen (secondary N) is 2. The number of aromatic amines is 1. The molecule has 1 heterocycles. The van der Waals surface area contributed by atoms with Gasteiger partial charge in [-0.25, -0.2) is 4.98 Å². The zero-order chi connectivity index (χ0) is 14.5. The van der Waals surface area contributed by atoms with Crippen molar-refractivity contribution >= 4 is 33.6 Å². The first-order valence-electron chi connectivity index (χ1n) is 6.20. The van der Waals surface area contributed by atoms with Crippen LogP contribution in [0.2, 0.25) is 0 Å². The molecule has 0 aliphatic heterocycles. The van der Waals surface area contributed by atoms with E-state index < -0.39 is 0 Å². The summed E-state index contributed by atoms with van der Waals surface area (Å²) in [5, 5.41) is 2.86. The zero-order valence-corrected chi connectivity index (χ0v) is 13.8. The predicted octanol–water partition coefficient (Wildman–Crippen LogP) is 3.20. The third-order valence-electron chi connectivity index (χ3n) is 2.85. The van der Waals surface area contributed by atoms with Gasteiger partial charge in [0.1, 0.15) is 0 Å². The standard InChI is InChI=1S/C14H16BrN3OS/c1-9-4-13(10(2)3-12(9)15)20-7-14(19)17-6-11-5-16-8-18-11/h3-5,8H,6-7H2,1-2H3,(H,16,18)(H,17,19). The number of halogens is 1. The Kier molecular flexibility index (Phi) is 5.25. The van der Waals surface area contributed by atoms with Gasteiger partial charge in [-0.05, 0) is 37.1 Å². The van der Waals surface area contributed by atoms with Gasteiger partial charge >= 0.3 is 0 Å². The van der Waals surface area contributed by atoms with Crippen molar-refractivity contribution in [2.75, 3.05) is 5.75 Å². The Balaban J connectivity index is 1.85. The number of hydrogen-bond donors (Lipinski definition) is 2. The first-order chi connectivity index (χ1) is 9.56. The van der Waals surface area contributed by atoms with E-state index >= 15 is 0 Å². The average Bonchev–Trinajstić information content (AvgIpc) is 2.92. The summed E-state index contributed by atoms with van der Waals surface area (Å²) < 4.78 is 1.10. The lowest BCUT2D eigenvalue weighted by atomic mass is 10.2. The van der Waals surface area contributed by atoms with Crippen molar-refractivity contribution in [2.24, 2.45) is 0 Å². The van der Waals surface area contributed by atoms with Crippen LogP contribution in [0.4, 0.5) is 0 Å². The number of hydrogen-bond acceptors (Lipinski definition) is 3. The fourth-order valence-corrected chi connectivity index (χ4v) is 3.07. The van der Waals surface area contributed by atoms with E-state index in [1.165, 1.54) is 11.1 Å².